The predicted molar refractivity (Wildman–Crippen MR) is 93.4 cm³/mol. The Bertz CT molecular complexity index is 736. The molecule has 0 radical (unpaired) electrons. The lowest BCUT2D eigenvalue weighted by Crippen LogP contribution is -2.40. The zero-order valence-electron chi connectivity index (χ0n) is 13.9. The molecule has 0 aliphatic carbocycles. The van der Waals surface area contributed by atoms with Crippen LogP contribution in [0.4, 0.5) is 10.5 Å². The van der Waals surface area contributed by atoms with Crippen LogP contribution in [0.1, 0.15) is 6.92 Å². The Kier molecular flexibility index (Phi) is 5.00. The van der Waals surface area contributed by atoms with Gasteiger partial charge in [0.2, 0.25) is 0 Å². The van der Waals surface area contributed by atoms with E-state index in [4.69, 9.17) is 4.74 Å². The summed E-state index contributed by atoms with van der Waals surface area (Å²) < 4.78 is 5.47. The zero-order valence-corrected chi connectivity index (χ0v) is 13.9. The molecule has 0 aromatic heterocycles. The second kappa shape index (κ2) is 7.36. The summed E-state index contributed by atoms with van der Waals surface area (Å²) in [7, 11) is 0. The Hall–Kier alpha value is -2.86. The number of para-hydroxylation sites is 2. The lowest BCUT2D eigenvalue weighted by molar-refractivity contribution is -0.128. The molecule has 25 heavy (non-hydrogen) atoms. The quantitative estimate of drug-likeness (QED) is 0.819. The van der Waals surface area contributed by atoms with E-state index in [1.807, 2.05) is 36.4 Å². The van der Waals surface area contributed by atoms with E-state index in [-0.39, 0.29) is 19.1 Å². The second-order valence-electron chi connectivity index (χ2n) is 5.89. The van der Waals surface area contributed by atoms with Crippen LogP contribution >= 0.6 is 0 Å². The largest absolute Gasteiger partial charge is 0.491 e. The van der Waals surface area contributed by atoms with Crippen LogP contribution in [0.15, 0.2) is 60.7 Å². The smallest absolute Gasteiger partial charge is 0.332 e. The van der Waals surface area contributed by atoms with Gasteiger partial charge in [0.1, 0.15) is 24.5 Å². The number of hydrogen-bond donors (Lipinski definition) is 1. The molecular formula is C19H20N2O4. The summed E-state index contributed by atoms with van der Waals surface area (Å²) in [5.41, 5.74) is 0.658. The number of anilines is 1. The first-order valence-electron chi connectivity index (χ1n) is 8.13. The van der Waals surface area contributed by atoms with Crippen molar-refractivity contribution in [1.29, 1.82) is 0 Å². The highest BCUT2D eigenvalue weighted by Gasteiger charge is 2.43. The maximum absolute atomic E-state index is 12.6. The minimum atomic E-state index is -0.962. The highest BCUT2D eigenvalue weighted by Crippen LogP contribution is 2.25. The molecule has 1 aliphatic rings. The summed E-state index contributed by atoms with van der Waals surface area (Å²) in [6, 6.07) is 17.1. The Morgan fingerprint density at radius 2 is 1.64 bits per heavy atom. The van der Waals surface area contributed by atoms with E-state index in [1.54, 1.807) is 31.2 Å². The topological polar surface area (TPSA) is 70.1 Å². The van der Waals surface area contributed by atoms with Gasteiger partial charge in [0.15, 0.2) is 0 Å². The number of ether oxygens (including phenoxy) is 1. The van der Waals surface area contributed by atoms with Crippen molar-refractivity contribution in [3.8, 4) is 5.75 Å². The van der Waals surface area contributed by atoms with Gasteiger partial charge in [-0.2, -0.15) is 0 Å². The van der Waals surface area contributed by atoms with Crippen molar-refractivity contribution in [2.24, 2.45) is 0 Å². The van der Waals surface area contributed by atoms with Crippen LogP contribution in [-0.4, -0.2) is 47.2 Å². The van der Waals surface area contributed by atoms with E-state index in [0.29, 0.717) is 11.4 Å². The molecule has 0 spiro atoms. The number of imide groups is 1. The van der Waals surface area contributed by atoms with Crippen molar-refractivity contribution >= 4 is 17.6 Å². The van der Waals surface area contributed by atoms with Crippen molar-refractivity contribution in [1.82, 2.24) is 4.90 Å². The van der Waals surface area contributed by atoms with Crippen LogP contribution in [0.3, 0.4) is 0 Å². The zero-order chi connectivity index (χ0) is 17.8. The highest BCUT2D eigenvalue weighted by atomic mass is 16.5. The van der Waals surface area contributed by atoms with Gasteiger partial charge in [0.25, 0.3) is 5.91 Å². The summed E-state index contributed by atoms with van der Waals surface area (Å²) in [5, 5.41) is 10.2. The maximum Gasteiger partial charge on any atom is 0.332 e. The first kappa shape index (κ1) is 17.0. The third-order valence-electron chi connectivity index (χ3n) is 4.06. The molecular weight excluding hydrogens is 320 g/mol. The average molecular weight is 340 g/mol. The number of rotatable bonds is 6. The highest BCUT2D eigenvalue weighted by molar-refractivity contribution is 6.14. The Morgan fingerprint density at radius 1 is 1.04 bits per heavy atom. The molecule has 6 heteroatoms. The fourth-order valence-electron chi connectivity index (χ4n) is 2.79. The van der Waals surface area contributed by atoms with E-state index >= 15 is 0 Å². The van der Waals surface area contributed by atoms with Crippen LogP contribution in [0.5, 0.6) is 5.75 Å². The van der Waals surface area contributed by atoms with Gasteiger partial charge in [-0.05, 0) is 31.2 Å². The molecule has 1 saturated heterocycles. The van der Waals surface area contributed by atoms with Crippen molar-refractivity contribution in [3.63, 3.8) is 0 Å². The molecule has 1 aliphatic heterocycles. The minimum absolute atomic E-state index is 0.000785. The number of carbonyl (C=O) groups is 2. The predicted octanol–water partition coefficient (Wildman–Crippen LogP) is 2.28. The first-order valence-corrected chi connectivity index (χ1v) is 8.13. The number of β-amino-alcohol motifs (C(OH)–C–C–N with tert-alkyl or cyclic N) is 1. The number of hydrogen-bond acceptors (Lipinski definition) is 4. The Labute approximate surface area is 146 Å². The van der Waals surface area contributed by atoms with E-state index in [2.05, 4.69) is 0 Å². The van der Waals surface area contributed by atoms with Gasteiger partial charge in [-0.3, -0.25) is 14.6 Å². The van der Waals surface area contributed by atoms with Crippen molar-refractivity contribution in [2.75, 3.05) is 18.1 Å². The van der Waals surface area contributed by atoms with E-state index in [0.717, 1.165) is 4.90 Å². The normalized spacial score (nSPS) is 18.6. The van der Waals surface area contributed by atoms with Gasteiger partial charge in [0, 0.05) is 5.69 Å². The lowest BCUT2D eigenvalue weighted by Gasteiger charge is -2.20. The summed E-state index contributed by atoms with van der Waals surface area (Å²) in [6.07, 6.45) is -0.962. The van der Waals surface area contributed by atoms with E-state index in [9.17, 15) is 14.7 Å². The standard InChI is InChI=1S/C19H20N2O4/c1-14-18(23)20(19(24)21(14)15-8-4-2-5-9-15)12-16(22)13-25-17-10-6-3-7-11-17/h2-11,14,16,22H,12-13H2,1H3/t14-,16-/m1/s1. The SMILES string of the molecule is C[C@@H]1C(=O)N(C[C@@H](O)COc2ccccc2)C(=O)N1c1ccccc1. The molecule has 3 amide bonds. The molecule has 2 atom stereocenters. The number of amides is 3. The molecule has 6 nitrogen and oxygen atoms in total. The molecule has 2 aromatic carbocycles. The van der Waals surface area contributed by atoms with E-state index in [1.165, 1.54) is 4.90 Å². The van der Waals surface area contributed by atoms with Gasteiger partial charge < -0.3 is 9.84 Å². The third kappa shape index (κ3) is 3.64. The van der Waals surface area contributed by atoms with Crippen LogP contribution < -0.4 is 9.64 Å². The molecule has 0 unspecified atom stereocenters. The molecule has 0 saturated carbocycles. The van der Waals surface area contributed by atoms with Gasteiger partial charge in [-0.1, -0.05) is 36.4 Å². The number of urea groups is 1. The van der Waals surface area contributed by atoms with Crippen molar-refractivity contribution in [2.45, 2.75) is 19.1 Å². The minimum Gasteiger partial charge on any atom is -0.491 e. The fraction of sp³-hybridized carbons (Fsp3) is 0.263. The maximum atomic E-state index is 12.6. The molecule has 2 aromatic rings. The molecule has 130 valence electrons. The van der Waals surface area contributed by atoms with Gasteiger partial charge in [-0.15, -0.1) is 0 Å². The summed E-state index contributed by atoms with van der Waals surface area (Å²) in [5.74, 6) is 0.299. The molecule has 3 rings (SSSR count). The second-order valence-corrected chi connectivity index (χ2v) is 5.89. The monoisotopic (exact) mass is 340 g/mol. The Morgan fingerprint density at radius 3 is 2.28 bits per heavy atom. The number of aliphatic hydroxyl groups is 1. The summed E-state index contributed by atoms with van der Waals surface area (Å²) in [6.45, 7) is 1.58. The van der Waals surface area contributed by atoms with Crippen LogP contribution in [-0.2, 0) is 4.79 Å². The van der Waals surface area contributed by atoms with Crippen LogP contribution in [0.2, 0.25) is 0 Å². The van der Waals surface area contributed by atoms with Gasteiger partial charge in [-0.25, -0.2) is 4.79 Å². The van der Waals surface area contributed by atoms with Gasteiger partial charge in [0.05, 0.1) is 6.54 Å². The van der Waals surface area contributed by atoms with Crippen molar-refractivity contribution < 1.29 is 19.4 Å². The first-order chi connectivity index (χ1) is 12.1. The molecule has 1 fully saturated rings. The summed E-state index contributed by atoms with van der Waals surface area (Å²) in [4.78, 5) is 27.6. The number of benzene rings is 2. The van der Waals surface area contributed by atoms with Crippen molar-refractivity contribution in [3.05, 3.63) is 60.7 Å². The van der Waals surface area contributed by atoms with E-state index < -0.39 is 18.2 Å². The molecule has 1 heterocycles. The average Bonchev–Trinajstić information content (AvgIpc) is 2.85. The number of carbonyl (C=O) groups excluding carboxylic acids is 2. The lowest BCUT2D eigenvalue weighted by atomic mass is 10.2. The molecule has 1 N–H and O–H groups in total. The molecule has 0 bridgehead atoms. The number of nitrogens with zero attached hydrogens (tertiary/aromatic N) is 2. The van der Waals surface area contributed by atoms with Crippen LogP contribution in [0.25, 0.3) is 0 Å². The number of aliphatic hydroxyl groups excluding tert-OH is 1. The third-order valence-corrected chi connectivity index (χ3v) is 4.06. The van der Waals surface area contributed by atoms with Gasteiger partial charge >= 0.3 is 6.03 Å². The fourth-order valence-corrected chi connectivity index (χ4v) is 2.79. The summed E-state index contributed by atoms with van der Waals surface area (Å²) >= 11 is 0. The Balaban J connectivity index is 1.64. The van der Waals surface area contributed by atoms with Crippen LogP contribution in [0, 0.1) is 0 Å².